The number of carbonyl (C=O) groups excluding carboxylic acids is 2. The van der Waals surface area contributed by atoms with Gasteiger partial charge in [-0.3, -0.25) is 0 Å². The van der Waals surface area contributed by atoms with Crippen LogP contribution in [0, 0.1) is 35.5 Å². The van der Waals surface area contributed by atoms with E-state index >= 15 is 0 Å². The van der Waals surface area contributed by atoms with E-state index in [4.69, 9.17) is 25.7 Å². The first kappa shape index (κ1) is 31.2. The largest absolute Gasteiger partial charge is 0.443 e. The number of ether oxygens (including phenoxy) is 3. The molecule has 1 fully saturated rings. The van der Waals surface area contributed by atoms with E-state index in [1.54, 1.807) is 0 Å². The quantitative estimate of drug-likeness (QED) is 0.304. The number of rotatable bonds is 10. The first-order chi connectivity index (χ1) is 14.9. The predicted octanol–water partition coefficient (Wildman–Crippen LogP) is 5.90. The molecule has 0 radical (unpaired) electrons. The number of hydrogen-bond donors (Lipinski definition) is 2. The van der Waals surface area contributed by atoms with Gasteiger partial charge < -0.3 is 25.7 Å². The van der Waals surface area contributed by atoms with E-state index in [1.807, 2.05) is 41.5 Å². The molecule has 7 heteroatoms. The Labute approximate surface area is 202 Å². The summed E-state index contributed by atoms with van der Waals surface area (Å²) in [7, 11) is 0. The molecule has 2 amide bonds. The van der Waals surface area contributed by atoms with E-state index in [0.29, 0.717) is 23.7 Å². The average molecular weight is 471 g/mol. The van der Waals surface area contributed by atoms with Gasteiger partial charge in [-0.05, 0) is 54.9 Å². The average Bonchev–Trinajstić information content (AvgIpc) is 3.35. The van der Waals surface area contributed by atoms with Gasteiger partial charge in [-0.1, -0.05) is 75.3 Å². The smallest absolute Gasteiger partial charge is 0.405 e. The van der Waals surface area contributed by atoms with Gasteiger partial charge in [0.05, 0.1) is 6.10 Å². The van der Waals surface area contributed by atoms with Crippen LogP contribution >= 0.6 is 0 Å². The van der Waals surface area contributed by atoms with Crippen molar-refractivity contribution in [2.75, 3.05) is 0 Å². The van der Waals surface area contributed by atoms with Gasteiger partial charge in [-0.25, -0.2) is 9.59 Å². The van der Waals surface area contributed by atoms with Crippen LogP contribution in [0.5, 0.6) is 0 Å². The normalized spacial score (nSPS) is 24.1. The fraction of sp³-hybridized carbons (Fsp3) is 0.846. The molecule has 1 saturated heterocycles. The van der Waals surface area contributed by atoms with Crippen molar-refractivity contribution in [3.05, 3.63) is 11.6 Å². The predicted molar refractivity (Wildman–Crippen MR) is 134 cm³/mol. The molecule has 0 aromatic carbocycles. The van der Waals surface area contributed by atoms with Gasteiger partial charge in [0, 0.05) is 0 Å². The van der Waals surface area contributed by atoms with E-state index < -0.39 is 12.2 Å². The molecule has 0 spiro atoms. The summed E-state index contributed by atoms with van der Waals surface area (Å²) in [5, 5.41) is 0. The Hall–Kier alpha value is -1.76. The number of carbonyl (C=O) groups is 2. The van der Waals surface area contributed by atoms with Gasteiger partial charge in [0.2, 0.25) is 0 Å². The monoisotopic (exact) mass is 470 g/mol. The summed E-state index contributed by atoms with van der Waals surface area (Å²) in [6, 6.07) is 0. The summed E-state index contributed by atoms with van der Waals surface area (Å²) in [5.41, 5.74) is 10.9. The lowest BCUT2D eigenvalue weighted by Gasteiger charge is -2.26. The minimum atomic E-state index is -0.726. The Kier molecular flexibility index (Phi) is 12.5. The standard InChI is InChI=1S/C13H25NO3.C13H25NO2/c1-7(2)9(5)11-13(6,17-11)10(8(3)4)16-12(14)15;1-8(2)10(5)7-11(6)12(9(3)4)16-13(14)15/h7-11H,1-6H3,(H2,14,15);7-10,12H,1-6H3,(H2,14,15)/b;11-7+/t9-,10-,11?,13?;10-,12+/m10/s1. The molecular formula is C26H50N2O5. The molecule has 1 rings (SSSR count). The molecule has 0 bridgehead atoms. The molecule has 1 heterocycles. The van der Waals surface area contributed by atoms with Crippen molar-refractivity contribution in [1.29, 1.82) is 0 Å². The molecule has 4 N–H and O–H groups in total. The number of primary amides is 2. The molecule has 6 atom stereocenters. The van der Waals surface area contributed by atoms with Crippen molar-refractivity contribution >= 4 is 12.2 Å². The number of amides is 2. The van der Waals surface area contributed by atoms with Crippen LogP contribution in [-0.2, 0) is 14.2 Å². The van der Waals surface area contributed by atoms with E-state index in [2.05, 4.69) is 47.6 Å². The lowest BCUT2D eigenvalue weighted by molar-refractivity contribution is 0.0258. The van der Waals surface area contributed by atoms with E-state index in [0.717, 1.165) is 5.57 Å². The van der Waals surface area contributed by atoms with Crippen LogP contribution in [0.4, 0.5) is 9.59 Å². The number of nitrogens with two attached hydrogens (primary N) is 2. The second kappa shape index (κ2) is 13.2. The van der Waals surface area contributed by atoms with Crippen molar-refractivity contribution < 1.29 is 23.8 Å². The zero-order valence-electron chi connectivity index (χ0n) is 23.0. The first-order valence-electron chi connectivity index (χ1n) is 12.2. The molecular weight excluding hydrogens is 420 g/mol. The summed E-state index contributed by atoms with van der Waals surface area (Å²) in [5.74, 6) is 2.47. The third-order valence-electron chi connectivity index (χ3n) is 6.71. The number of epoxide rings is 1. The molecule has 0 aromatic heterocycles. The Balaban J connectivity index is 0.000000622. The van der Waals surface area contributed by atoms with Crippen LogP contribution in [0.2, 0.25) is 0 Å². The van der Waals surface area contributed by atoms with Gasteiger partial charge in [-0.15, -0.1) is 0 Å². The molecule has 2 unspecified atom stereocenters. The summed E-state index contributed by atoms with van der Waals surface area (Å²) in [4.78, 5) is 21.8. The van der Waals surface area contributed by atoms with Crippen LogP contribution in [0.25, 0.3) is 0 Å². The highest BCUT2D eigenvalue weighted by molar-refractivity contribution is 5.65. The highest BCUT2D eigenvalue weighted by Crippen LogP contribution is 2.48. The van der Waals surface area contributed by atoms with E-state index in [1.165, 1.54) is 0 Å². The van der Waals surface area contributed by atoms with E-state index in [-0.39, 0.29) is 35.7 Å². The molecule has 0 aromatic rings. The Morgan fingerprint density at radius 3 is 1.64 bits per heavy atom. The zero-order valence-corrected chi connectivity index (χ0v) is 23.0. The number of allylic oxidation sites excluding steroid dienone is 1. The Morgan fingerprint density at radius 2 is 1.30 bits per heavy atom. The van der Waals surface area contributed by atoms with Crippen LogP contribution in [0.3, 0.4) is 0 Å². The number of hydrogen-bond acceptors (Lipinski definition) is 5. The van der Waals surface area contributed by atoms with Crippen molar-refractivity contribution in [2.45, 2.75) is 107 Å². The maximum absolute atomic E-state index is 10.9. The van der Waals surface area contributed by atoms with Gasteiger partial charge in [0.1, 0.15) is 17.8 Å². The van der Waals surface area contributed by atoms with Crippen molar-refractivity contribution in [3.8, 4) is 0 Å². The summed E-state index contributed by atoms with van der Waals surface area (Å²) in [6.07, 6.45) is 0.400. The van der Waals surface area contributed by atoms with Crippen LogP contribution in [0.1, 0.15) is 83.1 Å². The van der Waals surface area contributed by atoms with Crippen LogP contribution in [0.15, 0.2) is 11.6 Å². The molecule has 0 aliphatic carbocycles. The fourth-order valence-corrected chi connectivity index (χ4v) is 4.07. The second-order valence-corrected chi connectivity index (χ2v) is 11.0. The SMILES string of the molecule is C/C(=C\[C@H](C)C(C)C)[C@H](OC(N)=O)C(C)C.CC(C)[C@@H](C)C1OC1(C)[C@H](OC(N)=O)C(C)C. The van der Waals surface area contributed by atoms with Gasteiger partial charge >= 0.3 is 12.2 Å². The first-order valence-corrected chi connectivity index (χ1v) is 12.2. The summed E-state index contributed by atoms with van der Waals surface area (Å²) < 4.78 is 16.2. The summed E-state index contributed by atoms with van der Waals surface area (Å²) in [6.45, 7) is 25.1. The maximum atomic E-state index is 10.9. The lowest BCUT2D eigenvalue weighted by atomic mass is 9.83. The maximum Gasteiger partial charge on any atom is 0.405 e. The van der Waals surface area contributed by atoms with Gasteiger partial charge in [0.25, 0.3) is 0 Å². The van der Waals surface area contributed by atoms with Crippen LogP contribution < -0.4 is 11.5 Å². The van der Waals surface area contributed by atoms with Gasteiger partial charge in [-0.2, -0.15) is 0 Å². The highest BCUT2D eigenvalue weighted by Gasteiger charge is 2.62. The van der Waals surface area contributed by atoms with Crippen molar-refractivity contribution in [1.82, 2.24) is 0 Å². The molecule has 0 saturated carbocycles. The Morgan fingerprint density at radius 1 is 0.818 bits per heavy atom. The highest BCUT2D eigenvalue weighted by atomic mass is 16.7. The third kappa shape index (κ3) is 9.95. The lowest BCUT2D eigenvalue weighted by Crippen LogP contribution is -2.41. The topological polar surface area (TPSA) is 117 Å². The van der Waals surface area contributed by atoms with Crippen molar-refractivity contribution in [3.63, 3.8) is 0 Å². The fourth-order valence-electron chi connectivity index (χ4n) is 4.07. The third-order valence-corrected chi connectivity index (χ3v) is 6.71. The molecule has 33 heavy (non-hydrogen) atoms. The van der Waals surface area contributed by atoms with Crippen molar-refractivity contribution in [2.24, 2.45) is 47.0 Å². The summed E-state index contributed by atoms with van der Waals surface area (Å²) >= 11 is 0. The molecule has 1 aliphatic rings. The molecule has 194 valence electrons. The van der Waals surface area contributed by atoms with Gasteiger partial charge in [0.15, 0.2) is 0 Å². The molecule has 7 nitrogen and oxygen atoms in total. The molecule has 1 aliphatic heterocycles. The van der Waals surface area contributed by atoms with E-state index in [9.17, 15) is 9.59 Å². The van der Waals surface area contributed by atoms with Crippen LogP contribution in [-0.4, -0.2) is 36.1 Å². The Bertz CT molecular complexity index is 659. The minimum Gasteiger partial charge on any atom is -0.443 e. The minimum absolute atomic E-state index is 0.147. The second-order valence-electron chi connectivity index (χ2n) is 11.0. The zero-order chi connectivity index (χ0) is 26.3.